The van der Waals surface area contributed by atoms with Crippen molar-refractivity contribution in [2.75, 3.05) is 13.1 Å². The van der Waals surface area contributed by atoms with E-state index < -0.39 is 11.8 Å². The van der Waals surface area contributed by atoms with Crippen LogP contribution in [0.2, 0.25) is 0 Å². The lowest BCUT2D eigenvalue weighted by atomic mass is 10.0. The van der Waals surface area contributed by atoms with Crippen molar-refractivity contribution >= 4 is 0 Å². The van der Waals surface area contributed by atoms with Gasteiger partial charge in [0.1, 0.15) is 11.9 Å². The van der Waals surface area contributed by atoms with E-state index in [0.717, 1.165) is 24.2 Å². The second-order valence-corrected chi connectivity index (χ2v) is 7.82. The molecule has 7 heteroatoms. The Morgan fingerprint density at radius 2 is 1.93 bits per heavy atom. The summed E-state index contributed by atoms with van der Waals surface area (Å²) in [7, 11) is 0. The van der Waals surface area contributed by atoms with Gasteiger partial charge in [0.15, 0.2) is 0 Å². The van der Waals surface area contributed by atoms with Crippen molar-refractivity contribution in [3.63, 3.8) is 0 Å². The molecular weight excluding hydrogens is 382 g/mol. The van der Waals surface area contributed by atoms with Crippen molar-refractivity contribution < 1.29 is 14.9 Å². The molecule has 1 aliphatic rings. The van der Waals surface area contributed by atoms with Gasteiger partial charge in [-0.2, -0.15) is 0 Å². The minimum absolute atomic E-state index is 0.0369. The van der Waals surface area contributed by atoms with Gasteiger partial charge in [-0.3, -0.25) is 14.5 Å². The van der Waals surface area contributed by atoms with Gasteiger partial charge in [0, 0.05) is 19.6 Å². The molecule has 2 aromatic carbocycles. The fraction of sp³-hybridized carbons (Fsp3) is 0.348. The van der Waals surface area contributed by atoms with E-state index in [1.54, 1.807) is 0 Å². The first-order valence-electron chi connectivity index (χ1n) is 10.2. The van der Waals surface area contributed by atoms with Gasteiger partial charge in [0.2, 0.25) is 5.88 Å². The van der Waals surface area contributed by atoms with E-state index in [2.05, 4.69) is 28.1 Å². The third kappa shape index (κ3) is 5.11. The summed E-state index contributed by atoms with van der Waals surface area (Å²) in [4.78, 5) is 16.3. The molecule has 2 heterocycles. The second-order valence-electron chi connectivity index (χ2n) is 7.82. The largest absolute Gasteiger partial charge is 0.493 e. The quantitative estimate of drug-likeness (QED) is 0.530. The van der Waals surface area contributed by atoms with E-state index in [0.29, 0.717) is 19.6 Å². The van der Waals surface area contributed by atoms with Gasteiger partial charge in [-0.25, -0.2) is 4.79 Å². The van der Waals surface area contributed by atoms with E-state index in [-0.39, 0.29) is 18.5 Å². The van der Waals surface area contributed by atoms with Crippen molar-refractivity contribution in [1.29, 1.82) is 0 Å². The van der Waals surface area contributed by atoms with Gasteiger partial charge in [-0.15, -0.1) is 0 Å². The average Bonchev–Trinajstić information content (AvgIpc) is 3.05. The Morgan fingerprint density at radius 1 is 1.17 bits per heavy atom. The summed E-state index contributed by atoms with van der Waals surface area (Å²) in [5.41, 5.74) is 1.95. The Balaban J connectivity index is 1.44. The lowest BCUT2D eigenvalue weighted by molar-refractivity contribution is 0.0593. The number of aromatic amines is 1. The van der Waals surface area contributed by atoms with Crippen LogP contribution in [0.15, 0.2) is 65.6 Å². The molecule has 0 amide bonds. The summed E-state index contributed by atoms with van der Waals surface area (Å²) in [6.45, 7) is 1.84. The molecule has 0 fully saturated rings. The molecule has 30 heavy (non-hydrogen) atoms. The lowest BCUT2D eigenvalue weighted by Crippen LogP contribution is -2.42. The molecule has 1 aromatic heterocycles. The van der Waals surface area contributed by atoms with E-state index in [9.17, 15) is 15.0 Å². The smallest absolute Gasteiger partial charge is 0.328 e. The summed E-state index contributed by atoms with van der Waals surface area (Å²) in [6, 6.07) is 18.2. The summed E-state index contributed by atoms with van der Waals surface area (Å²) < 4.78 is 7.49. The predicted molar refractivity (Wildman–Crippen MR) is 114 cm³/mol. The highest BCUT2D eigenvalue weighted by molar-refractivity contribution is 5.35. The summed E-state index contributed by atoms with van der Waals surface area (Å²) >= 11 is 0. The van der Waals surface area contributed by atoms with Crippen LogP contribution in [-0.2, 0) is 19.5 Å². The number of ether oxygens (including phenoxy) is 1. The summed E-state index contributed by atoms with van der Waals surface area (Å²) in [5, 5.41) is 20.1. The number of aromatic nitrogens is 2. The molecule has 4 rings (SSSR count). The molecular formula is C23H27N3O4. The SMILES string of the molecule is O=c1[nH]c(O)cn1CC(O)CN(Cc1ccccc1)CC1CCc2ccccc2O1. The molecule has 0 radical (unpaired) electrons. The van der Waals surface area contributed by atoms with Crippen LogP contribution in [-0.4, -0.2) is 50.0 Å². The number of aromatic hydroxyl groups is 1. The first-order valence-corrected chi connectivity index (χ1v) is 10.2. The van der Waals surface area contributed by atoms with Crippen LogP contribution in [0.1, 0.15) is 17.5 Å². The molecule has 1 aliphatic heterocycles. The average molecular weight is 409 g/mol. The van der Waals surface area contributed by atoms with E-state index in [4.69, 9.17) is 4.74 Å². The number of aliphatic hydroxyl groups excluding tert-OH is 1. The van der Waals surface area contributed by atoms with Crippen molar-refractivity contribution in [2.45, 2.75) is 38.1 Å². The molecule has 0 saturated heterocycles. The lowest BCUT2D eigenvalue weighted by Gasteiger charge is -2.32. The molecule has 158 valence electrons. The van der Waals surface area contributed by atoms with Gasteiger partial charge in [0.05, 0.1) is 18.8 Å². The van der Waals surface area contributed by atoms with E-state index in [1.807, 2.05) is 36.4 Å². The number of nitrogens with one attached hydrogen (secondary N) is 1. The molecule has 0 saturated carbocycles. The van der Waals surface area contributed by atoms with Gasteiger partial charge in [-0.05, 0) is 30.0 Å². The zero-order chi connectivity index (χ0) is 20.9. The molecule has 2 atom stereocenters. The highest BCUT2D eigenvalue weighted by atomic mass is 16.5. The number of H-pyrrole nitrogens is 1. The Hall–Kier alpha value is -3.03. The van der Waals surface area contributed by atoms with E-state index in [1.165, 1.54) is 16.3 Å². The van der Waals surface area contributed by atoms with Gasteiger partial charge in [0.25, 0.3) is 0 Å². The van der Waals surface area contributed by atoms with Crippen LogP contribution in [0.5, 0.6) is 11.6 Å². The van der Waals surface area contributed by atoms with Crippen LogP contribution >= 0.6 is 0 Å². The Labute approximate surface area is 175 Å². The number of hydrogen-bond acceptors (Lipinski definition) is 5. The number of aliphatic hydroxyl groups is 1. The Kier molecular flexibility index (Phi) is 6.21. The van der Waals surface area contributed by atoms with Crippen molar-refractivity contribution in [3.05, 3.63) is 82.4 Å². The van der Waals surface area contributed by atoms with Crippen LogP contribution in [0.25, 0.3) is 0 Å². The molecule has 0 spiro atoms. The molecule has 0 bridgehead atoms. The van der Waals surface area contributed by atoms with Crippen LogP contribution in [0.3, 0.4) is 0 Å². The number of aryl methyl sites for hydroxylation is 1. The van der Waals surface area contributed by atoms with Gasteiger partial charge < -0.3 is 14.9 Å². The normalized spacial score (nSPS) is 16.8. The van der Waals surface area contributed by atoms with Gasteiger partial charge in [-0.1, -0.05) is 48.5 Å². The number of nitrogens with zero attached hydrogens (tertiary/aromatic N) is 2. The highest BCUT2D eigenvalue weighted by Crippen LogP contribution is 2.27. The first kappa shape index (κ1) is 20.3. The number of para-hydroxylation sites is 1. The predicted octanol–water partition coefficient (Wildman–Crippen LogP) is 2.14. The number of imidazole rings is 1. The Bertz CT molecular complexity index is 1010. The summed E-state index contributed by atoms with van der Waals surface area (Å²) in [5.74, 6) is 0.728. The monoisotopic (exact) mass is 409 g/mol. The van der Waals surface area contributed by atoms with Gasteiger partial charge >= 0.3 is 5.69 Å². The van der Waals surface area contributed by atoms with Crippen molar-refractivity contribution in [1.82, 2.24) is 14.5 Å². The molecule has 3 aromatic rings. The minimum Gasteiger partial charge on any atom is -0.493 e. The van der Waals surface area contributed by atoms with Crippen molar-refractivity contribution in [2.24, 2.45) is 0 Å². The topological polar surface area (TPSA) is 90.7 Å². The molecule has 3 N–H and O–H groups in total. The fourth-order valence-electron chi connectivity index (χ4n) is 3.98. The molecule has 0 aliphatic carbocycles. The third-order valence-electron chi connectivity index (χ3n) is 5.36. The number of hydrogen-bond donors (Lipinski definition) is 3. The zero-order valence-corrected chi connectivity index (χ0v) is 16.8. The van der Waals surface area contributed by atoms with Crippen LogP contribution in [0.4, 0.5) is 0 Å². The third-order valence-corrected chi connectivity index (χ3v) is 5.36. The van der Waals surface area contributed by atoms with Crippen LogP contribution < -0.4 is 10.4 Å². The van der Waals surface area contributed by atoms with Crippen LogP contribution in [0, 0.1) is 0 Å². The Morgan fingerprint density at radius 3 is 2.70 bits per heavy atom. The molecule has 2 unspecified atom stereocenters. The van der Waals surface area contributed by atoms with Crippen molar-refractivity contribution in [3.8, 4) is 11.6 Å². The standard InChI is InChI=1S/C23H27N3O4/c27-19(14-26-16-22(28)24-23(26)29)13-25(12-17-6-2-1-3-7-17)15-20-11-10-18-8-4-5-9-21(18)30-20/h1-9,16,19-20,27-28H,10-15H2,(H,24,29). The second kappa shape index (κ2) is 9.19. The zero-order valence-electron chi connectivity index (χ0n) is 16.8. The number of fused-ring (bicyclic) bond motifs is 1. The maximum atomic E-state index is 11.8. The minimum atomic E-state index is -0.766. The number of benzene rings is 2. The highest BCUT2D eigenvalue weighted by Gasteiger charge is 2.23. The van der Waals surface area contributed by atoms with E-state index >= 15 is 0 Å². The summed E-state index contributed by atoms with van der Waals surface area (Å²) in [6.07, 6.45) is 2.46. The first-order chi connectivity index (χ1) is 14.6. The fourth-order valence-corrected chi connectivity index (χ4v) is 3.98. The maximum Gasteiger partial charge on any atom is 0.328 e. The maximum absolute atomic E-state index is 11.8. The number of rotatable bonds is 8. The molecule has 7 nitrogen and oxygen atoms in total.